The van der Waals surface area contributed by atoms with Crippen molar-refractivity contribution in [2.75, 3.05) is 20.0 Å². The molecule has 9 heteroatoms. The summed E-state index contributed by atoms with van der Waals surface area (Å²) in [4.78, 5) is 12.5. The lowest BCUT2D eigenvalue weighted by Crippen LogP contribution is -2.24. The Morgan fingerprint density at radius 2 is 1.84 bits per heavy atom. The van der Waals surface area contributed by atoms with Crippen LogP contribution >= 0.6 is 11.8 Å². The van der Waals surface area contributed by atoms with Gasteiger partial charge in [0.1, 0.15) is 0 Å². The van der Waals surface area contributed by atoms with Gasteiger partial charge in [-0.15, -0.1) is 10.2 Å². The third kappa shape index (κ3) is 4.78. The summed E-state index contributed by atoms with van der Waals surface area (Å²) in [6.45, 7) is 0.378. The van der Waals surface area contributed by atoms with Gasteiger partial charge in [-0.05, 0) is 42.0 Å². The van der Waals surface area contributed by atoms with Gasteiger partial charge < -0.3 is 19.2 Å². The van der Waals surface area contributed by atoms with Crippen molar-refractivity contribution in [3.05, 3.63) is 72.5 Å². The molecule has 0 atom stereocenters. The maximum atomic E-state index is 12.5. The predicted molar refractivity (Wildman–Crippen MR) is 121 cm³/mol. The van der Waals surface area contributed by atoms with Gasteiger partial charge in [0.2, 0.25) is 11.7 Å². The van der Waals surface area contributed by atoms with Gasteiger partial charge in [0.25, 0.3) is 0 Å². The van der Waals surface area contributed by atoms with E-state index < -0.39 is 0 Å². The molecule has 0 saturated heterocycles. The highest BCUT2D eigenvalue weighted by molar-refractivity contribution is 7.99. The van der Waals surface area contributed by atoms with E-state index in [0.717, 1.165) is 11.3 Å². The number of benzene rings is 2. The Morgan fingerprint density at radius 1 is 1.03 bits per heavy atom. The number of para-hydroxylation sites is 1. The molecule has 4 rings (SSSR count). The number of hydrogen-bond acceptors (Lipinski definition) is 7. The summed E-state index contributed by atoms with van der Waals surface area (Å²) in [5.41, 5.74) is 1.80. The Morgan fingerprint density at radius 3 is 2.56 bits per heavy atom. The second-order valence-corrected chi connectivity index (χ2v) is 7.65. The van der Waals surface area contributed by atoms with Crippen LogP contribution in [0.4, 0.5) is 0 Å². The van der Waals surface area contributed by atoms with Gasteiger partial charge in [-0.25, -0.2) is 0 Å². The molecule has 164 valence electrons. The second-order valence-electron chi connectivity index (χ2n) is 6.71. The van der Waals surface area contributed by atoms with Crippen LogP contribution in [0.2, 0.25) is 0 Å². The molecular weight excluding hydrogens is 428 g/mol. The molecule has 8 nitrogen and oxygen atoms in total. The summed E-state index contributed by atoms with van der Waals surface area (Å²) >= 11 is 1.31. The van der Waals surface area contributed by atoms with Crippen LogP contribution in [0.5, 0.6) is 11.5 Å². The van der Waals surface area contributed by atoms with E-state index in [0.29, 0.717) is 34.8 Å². The summed E-state index contributed by atoms with van der Waals surface area (Å²) in [6.07, 6.45) is 1.59. The van der Waals surface area contributed by atoms with Crippen LogP contribution in [0, 0.1) is 0 Å². The molecule has 0 bridgehead atoms. The van der Waals surface area contributed by atoms with E-state index in [2.05, 4.69) is 15.5 Å². The molecule has 32 heavy (non-hydrogen) atoms. The monoisotopic (exact) mass is 450 g/mol. The summed E-state index contributed by atoms with van der Waals surface area (Å²) < 4.78 is 17.9. The first kappa shape index (κ1) is 21.5. The lowest BCUT2D eigenvalue weighted by atomic mass is 10.2. The van der Waals surface area contributed by atoms with Crippen LogP contribution in [0.3, 0.4) is 0 Å². The topological polar surface area (TPSA) is 91.4 Å². The first-order valence-electron chi connectivity index (χ1n) is 9.84. The van der Waals surface area contributed by atoms with Crippen molar-refractivity contribution >= 4 is 17.7 Å². The summed E-state index contributed by atoms with van der Waals surface area (Å²) in [6, 6.07) is 18.9. The van der Waals surface area contributed by atoms with Gasteiger partial charge in [-0.3, -0.25) is 9.36 Å². The van der Waals surface area contributed by atoms with Gasteiger partial charge in [-0.1, -0.05) is 36.0 Å². The zero-order valence-electron chi connectivity index (χ0n) is 17.6. The van der Waals surface area contributed by atoms with Crippen molar-refractivity contribution < 1.29 is 18.7 Å². The lowest BCUT2D eigenvalue weighted by Gasteiger charge is -2.11. The van der Waals surface area contributed by atoms with Crippen molar-refractivity contribution in [2.24, 2.45) is 0 Å². The van der Waals surface area contributed by atoms with Gasteiger partial charge in [0.05, 0.1) is 26.2 Å². The number of amides is 1. The van der Waals surface area contributed by atoms with E-state index in [-0.39, 0.29) is 11.7 Å². The number of nitrogens with zero attached hydrogens (tertiary/aromatic N) is 3. The number of ether oxygens (including phenoxy) is 2. The van der Waals surface area contributed by atoms with Gasteiger partial charge in [-0.2, -0.15) is 0 Å². The quantitative estimate of drug-likeness (QED) is 0.386. The zero-order chi connectivity index (χ0) is 22.3. The third-order valence-electron chi connectivity index (χ3n) is 4.66. The zero-order valence-corrected chi connectivity index (χ0v) is 18.5. The number of carbonyl (C=O) groups excluding carboxylic acids is 1. The Kier molecular flexibility index (Phi) is 6.76. The van der Waals surface area contributed by atoms with Gasteiger partial charge >= 0.3 is 0 Å². The number of methoxy groups -OCH3 is 2. The van der Waals surface area contributed by atoms with E-state index in [1.54, 1.807) is 26.5 Å². The molecule has 1 amide bonds. The van der Waals surface area contributed by atoms with Crippen LogP contribution in [-0.4, -0.2) is 40.6 Å². The molecule has 1 N–H and O–H groups in total. The maximum absolute atomic E-state index is 12.5. The van der Waals surface area contributed by atoms with Crippen molar-refractivity contribution in [1.82, 2.24) is 20.1 Å². The standard InChI is InChI=1S/C23H22N4O4S/c1-29-18-11-10-16(13-20(18)30-2)14-24-21(28)15-32-23-26-25-22(19-9-6-12-31-19)27(23)17-7-4-3-5-8-17/h3-13H,14-15H2,1-2H3,(H,24,28). The van der Waals surface area contributed by atoms with E-state index >= 15 is 0 Å². The average molecular weight is 451 g/mol. The number of furan rings is 1. The smallest absolute Gasteiger partial charge is 0.230 e. The minimum atomic E-state index is -0.119. The van der Waals surface area contributed by atoms with Gasteiger partial charge in [0, 0.05) is 12.2 Å². The van der Waals surface area contributed by atoms with E-state index in [1.165, 1.54) is 11.8 Å². The van der Waals surface area contributed by atoms with E-state index in [1.807, 2.05) is 59.2 Å². The first-order chi connectivity index (χ1) is 15.7. The molecular formula is C23H22N4O4S. The van der Waals surface area contributed by atoms with Crippen LogP contribution < -0.4 is 14.8 Å². The molecule has 2 aromatic carbocycles. The summed E-state index contributed by atoms with van der Waals surface area (Å²) in [5.74, 6) is 2.52. The molecule has 0 saturated carbocycles. The van der Waals surface area contributed by atoms with Crippen molar-refractivity contribution in [1.29, 1.82) is 0 Å². The van der Waals surface area contributed by atoms with Crippen LogP contribution in [-0.2, 0) is 11.3 Å². The Balaban J connectivity index is 1.44. The van der Waals surface area contributed by atoms with Crippen LogP contribution in [0.1, 0.15) is 5.56 Å². The van der Waals surface area contributed by atoms with Crippen molar-refractivity contribution in [2.45, 2.75) is 11.7 Å². The number of nitrogens with one attached hydrogen (secondary N) is 1. The second kappa shape index (κ2) is 10.1. The Labute approximate surface area is 189 Å². The summed E-state index contributed by atoms with van der Waals surface area (Å²) in [5, 5.41) is 12.1. The number of hydrogen-bond donors (Lipinski definition) is 1. The number of aromatic nitrogens is 3. The molecule has 0 spiro atoms. The van der Waals surface area contributed by atoms with E-state index in [9.17, 15) is 4.79 Å². The number of thioether (sulfide) groups is 1. The highest BCUT2D eigenvalue weighted by Gasteiger charge is 2.18. The fraction of sp³-hybridized carbons (Fsp3) is 0.174. The Hall–Kier alpha value is -3.72. The SMILES string of the molecule is COc1ccc(CNC(=O)CSc2nnc(-c3ccco3)n2-c2ccccc2)cc1OC. The summed E-state index contributed by atoms with van der Waals surface area (Å²) in [7, 11) is 3.17. The van der Waals surface area contributed by atoms with E-state index in [4.69, 9.17) is 13.9 Å². The molecule has 0 aliphatic rings. The lowest BCUT2D eigenvalue weighted by molar-refractivity contribution is -0.118. The van der Waals surface area contributed by atoms with Crippen LogP contribution in [0.15, 0.2) is 76.5 Å². The number of rotatable bonds is 9. The fourth-order valence-electron chi connectivity index (χ4n) is 3.11. The predicted octanol–water partition coefficient (Wildman–Crippen LogP) is 3.95. The molecule has 0 aliphatic carbocycles. The third-order valence-corrected chi connectivity index (χ3v) is 5.59. The molecule has 2 heterocycles. The largest absolute Gasteiger partial charge is 0.493 e. The van der Waals surface area contributed by atoms with Gasteiger partial charge in [0.15, 0.2) is 22.4 Å². The minimum Gasteiger partial charge on any atom is -0.493 e. The van der Waals surface area contributed by atoms with Crippen molar-refractivity contribution in [3.8, 4) is 28.8 Å². The molecule has 4 aromatic rings. The molecule has 0 radical (unpaired) electrons. The molecule has 0 unspecified atom stereocenters. The fourth-order valence-corrected chi connectivity index (χ4v) is 3.89. The molecule has 0 aliphatic heterocycles. The minimum absolute atomic E-state index is 0.119. The number of carbonyl (C=O) groups is 1. The Bertz CT molecular complexity index is 1180. The highest BCUT2D eigenvalue weighted by atomic mass is 32.2. The normalized spacial score (nSPS) is 10.7. The van der Waals surface area contributed by atoms with Crippen molar-refractivity contribution in [3.63, 3.8) is 0 Å². The maximum Gasteiger partial charge on any atom is 0.230 e. The highest BCUT2D eigenvalue weighted by Crippen LogP contribution is 2.29. The first-order valence-corrected chi connectivity index (χ1v) is 10.8. The average Bonchev–Trinajstić information content (AvgIpc) is 3.51. The molecule has 2 aromatic heterocycles. The van der Waals surface area contributed by atoms with Crippen LogP contribution in [0.25, 0.3) is 17.3 Å². The molecule has 0 fully saturated rings.